The molecule has 21 heavy (non-hydrogen) atoms. The average molecular weight is 294 g/mol. The normalized spacial score (nSPS) is 19.0. The number of anilines is 1. The van der Waals surface area contributed by atoms with E-state index >= 15 is 0 Å². The highest BCUT2D eigenvalue weighted by Crippen LogP contribution is 2.35. The zero-order valence-corrected chi connectivity index (χ0v) is 12.4. The molecule has 1 aromatic heterocycles. The first kappa shape index (κ1) is 12.8. The fraction of sp³-hybridized carbons (Fsp3) is 0.176. The lowest BCUT2D eigenvalue weighted by Gasteiger charge is -2.37. The van der Waals surface area contributed by atoms with Gasteiger partial charge in [0.05, 0.1) is 23.4 Å². The molecule has 1 radical (unpaired) electrons. The van der Waals surface area contributed by atoms with Gasteiger partial charge in [-0.15, -0.1) is 0 Å². The van der Waals surface area contributed by atoms with Gasteiger partial charge in [-0.1, -0.05) is 30.3 Å². The van der Waals surface area contributed by atoms with Crippen LogP contribution < -0.4 is 4.90 Å². The Kier molecular flexibility index (Phi) is 3.31. The number of aromatic nitrogens is 2. The van der Waals surface area contributed by atoms with Crippen molar-refractivity contribution in [3.63, 3.8) is 0 Å². The third-order valence-electron chi connectivity index (χ3n) is 3.94. The highest BCUT2D eigenvalue weighted by molar-refractivity contribution is 8.01. The number of rotatable bonds is 2. The van der Waals surface area contributed by atoms with E-state index in [2.05, 4.69) is 69.2 Å². The van der Waals surface area contributed by atoms with Gasteiger partial charge >= 0.3 is 0 Å². The summed E-state index contributed by atoms with van der Waals surface area (Å²) >= 11 is 1.91. The van der Waals surface area contributed by atoms with Crippen LogP contribution >= 0.6 is 11.8 Å². The Morgan fingerprint density at radius 3 is 2.95 bits per heavy atom. The van der Waals surface area contributed by atoms with Gasteiger partial charge in [0.15, 0.2) is 0 Å². The van der Waals surface area contributed by atoms with Crippen LogP contribution in [-0.4, -0.2) is 22.3 Å². The second-order valence-corrected chi connectivity index (χ2v) is 6.18. The first-order valence-corrected chi connectivity index (χ1v) is 8.15. The fourth-order valence-corrected chi connectivity index (χ4v) is 3.80. The van der Waals surface area contributed by atoms with Gasteiger partial charge in [-0.2, -0.15) is 11.8 Å². The van der Waals surface area contributed by atoms with Crippen LogP contribution in [0.5, 0.6) is 0 Å². The minimum Gasteiger partial charge on any atom is -0.362 e. The van der Waals surface area contributed by atoms with Gasteiger partial charge in [0, 0.05) is 23.7 Å². The summed E-state index contributed by atoms with van der Waals surface area (Å²) in [6.07, 6.45) is 1.75. The van der Waals surface area contributed by atoms with E-state index in [-0.39, 0.29) is 0 Å². The maximum atomic E-state index is 4.37. The van der Waals surface area contributed by atoms with E-state index in [1.54, 1.807) is 6.33 Å². The maximum Gasteiger partial charge on any atom is 0.0931 e. The quantitative estimate of drug-likeness (QED) is 0.774. The number of aromatic amines is 1. The van der Waals surface area contributed by atoms with E-state index < -0.39 is 0 Å². The molecule has 1 N–H and O–H groups in total. The molecule has 0 saturated carbocycles. The van der Waals surface area contributed by atoms with Crippen LogP contribution in [0.3, 0.4) is 0 Å². The number of fused-ring (bicyclic) bond motifs is 1. The van der Waals surface area contributed by atoms with E-state index in [9.17, 15) is 0 Å². The average Bonchev–Trinajstić information content (AvgIpc) is 3.03. The Morgan fingerprint density at radius 2 is 2.05 bits per heavy atom. The Balaban J connectivity index is 1.73. The Morgan fingerprint density at radius 1 is 1.14 bits per heavy atom. The van der Waals surface area contributed by atoms with Crippen molar-refractivity contribution >= 4 is 28.5 Å². The standard InChI is InChI=1S/C17H16N3S/c1-2-4-13(5-3-1)17-11-21-9-8-20(17)14-6-7-15-16(10-14)19-12-18-15/h1-7,9-10,12,17H,8,11H2,(H,18,19). The lowest BCUT2D eigenvalue weighted by Crippen LogP contribution is -2.34. The molecule has 1 fully saturated rings. The topological polar surface area (TPSA) is 31.9 Å². The van der Waals surface area contributed by atoms with Crippen LogP contribution in [-0.2, 0) is 0 Å². The number of benzene rings is 2. The third-order valence-corrected chi connectivity index (χ3v) is 4.83. The molecule has 1 aliphatic rings. The van der Waals surface area contributed by atoms with Gasteiger partial charge < -0.3 is 9.88 Å². The van der Waals surface area contributed by atoms with E-state index in [0.717, 1.165) is 23.3 Å². The van der Waals surface area contributed by atoms with Gasteiger partial charge in [-0.3, -0.25) is 0 Å². The van der Waals surface area contributed by atoms with Crippen LogP contribution in [0.25, 0.3) is 11.0 Å². The van der Waals surface area contributed by atoms with Crippen LogP contribution in [0, 0.1) is 5.75 Å². The second-order valence-electron chi connectivity index (χ2n) is 5.18. The van der Waals surface area contributed by atoms with Gasteiger partial charge in [0.2, 0.25) is 0 Å². The summed E-state index contributed by atoms with van der Waals surface area (Å²) < 4.78 is 0. The van der Waals surface area contributed by atoms with Crippen molar-refractivity contribution in [3.05, 3.63) is 66.2 Å². The van der Waals surface area contributed by atoms with Crippen LogP contribution in [0.15, 0.2) is 54.9 Å². The van der Waals surface area contributed by atoms with Crippen molar-refractivity contribution in [2.45, 2.75) is 6.04 Å². The molecule has 2 heterocycles. The Bertz CT molecular complexity index is 738. The highest BCUT2D eigenvalue weighted by Gasteiger charge is 2.24. The van der Waals surface area contributed by atoms with Crippen molar-refractivity contribution in [1.82, 2.24) is 9.97 Å². The molecular formula is C17H16N3S. The summed E-state index contributed by atoms with van der Waals surface area (Å²) in [4.78, 5) is 9.98. The number of imidazole rings is 1. The number of H-pyrrole nitrogens is 1. The van der Waals surface area contributed by atoms with Crippen molar-refractivity contribution in [3.8, 4) is 0 Å². The molecule has 2 aromatic carbocycles. The molecule has 3 nitrogen and oxygen atoms in total. The molecule has 0 amide bonds. The summed E-state index contributed by atoms with van der Waals surface area (Å²) in [5.41, 5.74) is 4.73. The SMILES string of the molecule is [CH]1CN(c2ccc3[nH]cnc3c2)C(c2ccccc2)CS1. The van der Waals surface area contributed by atoms with Crippen LogP contribution in [0.1, 0.15) is 11.6 Å². The largest absolute Gasteiger partial charge is 0.362 e. The maximum absolute atomic E-state index is 4.37. The summed E-state index contributed by atoms with van der Waals surface area (Å²) in [7, 11) is 0. The molecule has 4 rings (SSSR count). The first-order chi connectivity index (χ1) is 10.4. The number of hydrogen-bond acceptors (Lipinski definition) is 3. The third kappa shape index (κ3) is 2.40. The predicted octanol–water partition coefficient (Wildman–Crippen LogP) is 4.02. The van der Waals surface area contributed by atoms with Gasteiger partial charge in [0.1, 0.15) is 0 Å². The Hall–Kier alpha value is -1.94. The van der Waals surface area contributed by atoms with Crippen LogP contribution in [0.2, 0.25) is 0 Å². The Labute approximate surface area is 128 Å². The summed E-state index contributed by atoms with van der Waals surface area (Å²) in [5, 5.41) is 0. The van der Waals surface area contributed by atoms with E-state index in [0.29, 0.717) is 6.04 Å². The number of thioether (sulfide) groups is 1. The highest BCUT2D eigenvalue weighted by atomic mass is 32.2. The molecule has 1 unspecified atom stereocenters. The van der Waals surface area contributed by atoms with Crippen molar-refractivity contribution in [2.24, 2.45) is 0 Å². The zero-order chi connectivity index (χ0) is 14.1. The van der Waals surface area contributed by atoms with E-state index in [1.165, 1.54) is 11.3 Å². The molecule has 1 saturated heterocycles. The molecule has 3 aromatic rings. The first-order valence-electron chi connectivity index (χ1n) is 7.10. The lowest BCUT2D eigenvalue weighted by atomic mass is 10.1. The van der Waals surface area contributed by atoms with E-state index in [1.807, 2.05) is 11.8 Å². The van der Waals surface area contributed by atoms with Gasteiger partial charge in [0.25, 0.3) is 0 Å². The lowest BCUT2D eigenvalue weighted by molar-refractivity contribution is 0.703. The van der Waals surface area contributed by atoms with Crippen LogP contribution in [0.4, 0.5) is 5.69 Å². The molecule has 4 heteroatoms. The fourth-order valence-electron chi connectivity index (χ4n) is 2.85. The molecular weight excluding hydrogens is 278 g/mol. The van der Waals surface area contributed by atoms with Gasteiger partial charge in [-0.25, -0.2) is 4.98 Å². The predicted molar refractivity (Wildman–Crippen MR) is 89.4 cm³/mol. The van der Waals surface area contributed by atoms with E-state index in [4.69, 9.17) is 0 Å². The summed E-state index contributed by atoms with van der Waals surface area (Å²) in [5.74, 6) is 3.37. The molecule has 105 valence electrons. The zero-order valence-electron chi connectivity index (χ0n) is 11.6. The molecule has 0 aliphatic carbocycles. The minimum atomic E-state index is 0.414. The van der Waals surface area contributed by atoms with Crippen molar-refractivity contribution in [2.75, 3.05) is 17.2 Å². The second kappa shape index (κ2) is 5.45. The minimum absolute atomic E-state index is 0.414. The number of nitrogens with zero attached hydrogens (tertiary/aromatic N) is 2. The molecule has 0 spiro atoms. The number of nitrogens with one attached hydrogen (secondary N) is 1. The van der Waals surface area contributed by atoms with Crippen molar-refractivity contribution in [1.29, 1.82) is 0 Å². The monoisotopic (exact) mass is 294 g/mol. The number of hydrogen-bond donors (Lipinski definition) is 1. The molecule has 1 aliphatic heterocycles. The molecule has 0 bridgehead atoms. The summed E-state index contributed by atoms with van der Waals surface area (Å²) in [6, 6.07) is 17.6. The van der Waals surface area contributed by atoms with Gasteiger partial charge in [-0.05, 0) is 23.8 Å². The molecule has 1 atom stereocenters. The summed E-state index contributed by atoms with van der Waals surface area (Å²) in [6.45, 7) is 0.958. The smallest absolute Gasteiger partial charge is 0.0931 e. The van der Waals surface area contributed by atoms with Crippen molar-refractivity contribution < 1.29 is 0 Å².